The quantitative estimate of drug-likeness (QED) is 0.709. The molecule has 82 valence electrons. The zero-order valence-electron chi connectivity index (χ0n) is 9.22. The second-order valence-corrected chi connectivity index (χ2v) is 4.57. The lowest BCUT2D eigenvalue weighted by molar-refractivity contribution is 0.155. The van der Waals surface area contributed by atoms with Crippen LogP contribution in [0.2, 0.25) is 0 Å². The number of hydrogen-bond acceptors (Lipinski definition) is 2. The van der Waals surface area contributed by atoms with Crippen LogP contribution in [0.25, 0.3) is 0 Å². The van der Waals surface area contributed by atoms with E-state index >= 15 is 0 Å². The van der Waals surface area contributed by atoms with Crippen LogP contribution in [-0.4, -0.2) is 37.6 Å². The number of nitrogens with one attached hydrogen (secondary N) is 1. The maximum absolute atomic E-state index is 5.46. The van der Waals surface area contributed by atoms with Crippen molar-refractivity contribution in [1.29, 1.82) is 0 Å². The minimum atomic E-state index is 0.389. The van der Waals surface area contributed by atoms with E-state index in [2.05, 4.69) is 24.3 Å². The smallest absolute Gasteiger partial charge is 0.0328 e. The highest BCUT2D eigenvalue weighted by atomic mass is 35.5. The van der Waals surface area contributed by atoms with Gasteiger partial charge in [-0.05, 0) is 26.9 Å². The third kappa shape index (κ3) is 2.97. The van der Waals surface area contributed by atoms with Crippen LogP contribution < -0.4 is 5.32 Å². The molecule has 0 unspecified atom stereocenters. The molecule has 0 aromatic heterocycles. The minimum Gasteiger partial charge on any atom is -0.311 e. The van der Waals surface area contributed by atoms with E-state index in [0.29, 0.717) is 5.54 Å². The molecule has 0 spiro atoms. The fourth-order valence-electron chi connectivity index (χ4n) is 2.25. The summed E-state index contributed by atoms with van der Waals surface area (Å²) >= 11 is 5.46. The van der Waals surface area contributed by atoms with Gasteiger partial charge in [0.15, 0.2) is 0 Å². The highest BCUT2D eigenvalue weighted by molar-refractivity contribution is 6.25. The highest BCUT2D eigenvalue weighted by Crippen LogP contribution is 2.32. The van der Waals surface area contributed by atoms with Crippen LogP contribution in [0.15, 0.2) is 11.6 Å². The molecule has 1 N–H and O–H groups in total. The molecule has 14 heavy (non-hydrogen) atoms. The summed E-state index contributed by atoms with van der Waals surface area (Å²) in [6.45, 7) is 1.94. The Bertz CT molecular complexity index is 184. The average molecular weight is 217 g/mol. The van der Waals surface area contributed by atoms with Gasteiger partial charge in [-0.2, -0.15) is 0 Å². The summed E-state index contributed by atoms with van der Waals surface area (Å²) < 4.78 is 0. The second-order valence-electron chi connectivity index (χ2n) is 4.32. The van der Waals surface area contributed by atoms with Crippen molar-refractivity contribution in [2.75, 3.05) is 27.2 Å². The third-order valence-electron chi connectivity index (χ3n) is 3.29. The van der Waals surface area contributed by atoms with Crippen LogP contribution in [0.4, 0.5) is 0 Å². The van der Waals surface area contributed by atoms with E-state index in [1.165, 1.54) is 25.7 Å². The van der Waals surface area contributed by atoms with Gasteiger partial charge in [0.05, 0.1) is 0 Å². The molecular formula is C11H21ClN2. The van der Waals surface area contributed by atoms with Crippen molar-refractivity contribution in [3.8, 4) is 0 Å². The predicted octanol–water partition coefficient (Wildman–Crippen LogP) is 2.20. The standard InChI is InChI=1S/C11H21ClN2/c1-14(2)11(6-3-4-7-11)10-13-9-5-8-12/h5,8,13H,3-4,6-7,9-10H2,1-2H3/b8-5+. The Morgan fingerprint density at radius 3 is 2.50 bits per heavy atom. The number of hydrogen-bond donors (Lipinski definition) is 1. The maximum atomic E-state index is 5.46. The molecule has 0 aromatic carbocycles. The molecule has 0 bridgehead atoms. The van der Waals surface area contributed by atoms with E-state index in [4.69, 9.17) is 11.6 Å². The molecular weight excluding hydrogens is 196 g/mol. The molecule has 0 radical (unpaired) electrons. The van der Waals surface area contributed by atoms with Crippen molar-refractivity contribution in [3.05, 3.63) is 11.6 Å². The van der Waals surface area contributed by atoms with E-state index in [9.17, 15) is 0 Å². The molecule has 3 heteroatoms. The van der Waals surface area contributed by atoms with Crippen molar-refractivity contribution in [2.24, 2.45) is 0 Å². The summed E-state index contributed by atoms with van der Waals surface area (Å²) in [6, 6.07) is 0. The largest absolute Gasteiger partial charge is 0.311 e. The zero-order chi connectivity index (χ0) is 10.4. The van der Waals surface area contributed by atoms with E-state index in [1.807, 2.05) is 6.08 Å². The SMILES string of the molecule is CN(C)C1(CNC/C=C/Cl)CCCC1. The number of likely N-dealkylation sites (N-methyl/N-ethyl adjacent to an activating group) is 1. The molecule has 1 fully saturated rings. The van der Waals surface area contributed by atoms with Crippen molar-refractivity contribution in [2.45, 2.75) is 31.2 Å². The number of nitrogens with zero attached hydrogens (tertiary/aromatic N) is 1. The van der Waals surface area contributed by atoms with Gasteiger partial charge in [-0.15, -0.1) is 0 Å². The highest BCUT2D eigenvalue weighted by Gasteiger charge is 2.35. The van der Waals surface area contributed by atoms with E-state index in [-0.39, 0.29) is 0 Å². The van der Waals surface area contributed by atoms with E-state index in [0.717, 1.165) is 13.1 Å². The second kappa shape index (κ2) is 5.74. The first-order valence-electron chi connectivity index (χ1n) is 5.35. The molecule has 0 atom stereocenters. The van der Waals surface area contributed by atoms with Gasteiger partial charge in [0, 0.05) is 24.2 Å². The zero-order valence-corrected chi connectivity index (χ0v) is 9.98. The summed E-state index contributed by atoms with van der Waals surface area (Å²) in [4.78, 5) is 2.37. The van der Waals surface area contributed by atoms with Crippen molar-refractivity contribution in [3.63, 3.8) is 0 Å². The molecule has 0 aliphatic heterocycles. The van der Waals surface area contributed by atoms with Crippen LogP contribution in [0.3, 0.4) is 0 Å². The molecule has 1 saturated carbocycles. The van der Waals surface area contributed by atoms with Crippen molar-refractivity contribution >= 4 is 11.6 Å². The maximum Gasteiger partial charge on any atom is 0.0328 e. The minimum absolute atomic E-state index is 0.389. The van der Waals surface area contributed by atoms with Gasteiger partial charge in [-0.1, -0.05) is 30.5 Å². The van der Waals surface area contributed by atoms with Gasteiger partial charge in [-0.3, -0.25) is 0 Å². The first-order chi connectivity index (χ1) is 6.71. The van der Waals surface area contributed by atoms with Crippen molar-refractivity contribution in [1.82, 2.24) is 10.2 Å². The molecule has 2 nitrogen and oxygen atoms in total. The van der Waals surface area contributed by atoms with Crippen LogP contribution in [0.1, 0.15) is 25.7 Å². The fourth-order valence-corrected chi connectivity index (χ4v) is 2.34. The van der Waals surface area contributed by atoms with Gasteiger partial charge in [0.2, 0.25) is 0 Å². The Kier molecular flexibility index (Phi) is 4.93. The molecule has 0 heterocycles. The van der Waals surface area contributed by atoms with Crippen LogP contribution in [0, 0.1) is 0 Å². The van der Waals surface area contributed by atoms with Crippen molar-refractivity contribution < 1.29 is 0 Å². The lowest BCUT2D eigenvalue weighted by Gasteiger charge is -2.36. The third-order valence-corrected chi connectivity index (χ3v) is 3.47. The predicted molar refractivity (Wildman–Crippen MR) is 62.7 cm³/mol. The van der Waals surface area contributed by atoms with Gasteiger partial charge in [0.1, 0.15) is 0 Å². The Labute approximate surface area is 92.3 Å². The first kappa shape index (κ1) is 12.0. The number of halogens is 1. The first-order valence-corrected chi connectivity index (χ1v) is 5.78. The van der Waals surface area contributed by atoms with E-state index in [1.54, 1.807) is 5.54 Å². The summed E-state index contributed by atoms with van der Waals surface area (Å²) in [5, 5.41) is 3.44. The van der Waals surface area contributed by atoms with Crippen LogP contribution in [-0.2, 0) is 0 Å². The van der Waals surface area contributed by atoms with Gasteiger partial charge in [0.25, 0.3) is 0 Å². The summed E-state index contributed by atoms with van der Waals surface area (Å²) in [5.74, 6) is 0. The molecule has 1 aliphatic carbocycles. The monoisotopic (exact) mass is 216 g/mol. The Morgan fingerprint density at radius 2 is 2.00 bits per heavy atom. The summed E-state index contributed by atoms with van der Waals surface area (Å²) in [5.41, 5.74) is 1.96. The fraction of sp³-hybridized carbons (Fsp3) is 0.818. The van der Waals surface area contributed by atoms with Gasteiger partial charge >= 0.3 is 0 Å². The molecule has 0 aromatic rings. The average Bonchev–Trinajstić information content (AvgIpc) is 2.62. The topological polar surface area (TPSA) is 15.3 Å². The number of rotatable bonds is 5. The lowest BCUT2D eigenvalue weighted by Crippen LogP contribution is -2.49. The van der Waals surface area contributed by atoms with E-state index < -0.39 is 0 Å². The Hall–Kier alpha value is -0.0500. The normalized spacial score (nSPS) is 21.1. The summed E-state index contributed by atoms with van der Waals surface area (Å²) in [6.07, 6.45) is 7.31. The Balaban J connectivity index is 2.36. The van der Waals surface area contributed by atoms with Gasteiger partial charge < -0.3 is 10.2 Å². The van der Waals surface area contributed by atoms with Crippen LogP contribution in [0.5, 0.6) is 0 Å². The molecule has 1 rings (SSSR count). The summed E-state index contributed by atoms with van der Waals surface area (Å²) in [7, 11) is 4.37. The molecule has 0 saturated heterocycles. The molecule has 1 aliphatic rings. The lowest BCUT2D eigenvalue weighted by atomic mass is 9.96. The Morgan fingerprint density at radius 1 is 1.36 bits per heavy atom. The van der Waals surface area contributed by atoms with Crippen LogP contribution >= 0.6 is 11.6 Å². The molecule has 0 amide bonds. The van der Waals surface area contributed by atoms with Gasteiger partial charge in [-0.25, -0.2) is 0 Å².